The zero-order chi connectivity index (χ0) is 12.1. The molecule has 1 aromatic rings. The van der Waals surface area contributed by atoms with Crippen LogP contribution in [0, 0.1) is 0 Å². The van der Waals surface area contributed by atoms with Crippen molar-refractivity contribution in [3.63, 3.8) is 0 Å². The van der Waals surface area contributed by atoms with Gasteiger partial charge in [-0.05, 0) is 24.6 Å². The van der Waals surface area contributed by atoms with Gasteiger partial charge in [-0.2, -0.15) is 0 Å². The summed E-state index contributed by atoms with van der Waals surface area (Å²) in [7, 11) is 0. The molecule has 0 amide bonds. The minimum absolute atomic E-state index is 0.943. The Morgan fingerprint density at radius 3 is 2.47 bits per heavy atom. The summed E-state index contributed by atoms with van der Waals surface area (Å²) >= 11 is 3.57. The minimum atomic E-state index is 0.943. The first-order valence-corrected chi connectivity index (χ1v) is 7.58. The van der Waals surface area contributed by atoms with Crippen LogP contribution in [-0.4, -0.2) is 37.6 Å². The predicted octanol–water partition coefficient (Wildman–Crippen LogP) is 3.11. The lowest BCUT2D eigenvalue weighted by Gasteiger charge is -2.36. The van der Waals surface area contributed by atoms with Crippen LogP contribution in [0.2, 0.25) is 0 Å². The number of para-hydroxylation sites is 1. The van der Waals surface area contributed by atoms with Gasteiger partial charge in [0.25, 0.3) is 0 Å². The van der Waals surface area contributed by atoms with E-state index < -0.39 is 0 Å². The molecule has 3 heteroatoms. The summed E-state index contributed by atoms with van der Waals surface area (Å²) in [5.41, 5.74) is 2.80. The van der Waals surface area contributed by atoms with Crippen molar-refractivity contribution in [2.24, 2.45) is 0 Å². The van der Waals surface area contributed by atoms with Crippen LogP contribution in [0.4, 0.5) is 5.69 Å². The average molecular weight is 297 g/mol. The fourth-order valence-electron chi connectivity index (χ4n) is 2.46. The lowest BCUT2D eigenvalue weighted by molar-refractivity contribution is 0.258. The van der Waals surface area contributed by atoms with Gasteiger partial charge in [-0.25, -0.2) is 0 Å². The minimum Gasteiger partial charge on any atom is -0.369 e. The SMILES string of the molecule is CCCN1CCN(c2ccccc2CBr)CC1. The molecule has 2 nitrogen and oxygen atoms in total. The van der Waals surface area contributed by atoms with Crippen LogP contribution >= 0.6 is 15.9 Å². The lowest BCUT2D eigenvalue weighted by atomic mass is 10.1. The molecule has 0 spiro atoms. The van der Waals surface area contributed by atoms with E-state index in [0.29, 0.717) is 0 Å². The maximum Gasteiger partial charge on any atom is 0.0408 e. The molecule has 1 aliphatic rings. The Hall–Kier alpha value is -0.540. The van der Waals surface area contributed by atoms with Crippen LogP contribution < -0.4 is 4.90 Å². The highest BCUT2D eigenvalue weighted by Crippen LogP contribution is 2.23. The van der Waals surface area contributed by atoms with Crippen LogP contribution in [0.1, 0.15) is 18.9 Å². The van der Waals surface area contributed by atoms with Gasteiger partial charge in [-0.3, -0.25) is 4.90 Å². The molecule has 17 heavy (non-hydrogen) atoms. The Balaban J connectivity index is 2.00. The Labute approximate surface area is 113 Å². The van der Waals surface area contributed by atoms with E-state index in [-0.39, 0.29) is 0 Å². The van der Waals surface area contributed by atoms with E-state index in [0.717, 1.165) is 18.4 Å². The monoisotopic (exact) mass is 296 g/mol. The number of nitrogens with zero attached hydrogens (tertiary/aromatic N) is 2. The molecule has 1 fully saturated rings. The third-order valence-electron chi connectivity index (χ3n) is 3.39. The van der Waals surface area contributed by atoms with Crippen LogP contribution in [-0.2, 0) is 5.33 Å². The fourth-order valence-corrected chi connectivity index (χ4v) is 2.94. The Morgan fingerprint density at radius 2 is 1.82 bits per heavy atom. The Morgan fingerprint density at radius 1 is 1.12 bits per heavy atom. The number of hydrogen-bond acceptors (Lipinski definition) is 2. The van der Waals surface area contributed by atoms with Crippen molar-refractivity contribution in [2.45, 2.75) is 18.7 Å². The zero-order valence-electron chi connectivity index (χ0n) is 10.5. The smallest absolute Gasteiger partial charge is 0.0408 e. The third-order valence-corrected chi connectivity index (χ3v) is 3.99. The van der Waals surface area contributed by atoms with E-state index >= 15 is 0 Å². The molecule has 0 saturated carbocycles. The van der Waals surface area contributed by atoms with Crippen molar-refractivity contribution in [2.75, 3.05) is 37.6 Å². The molecule has 0 bridgehead atoms. The van der Waals surface area contributed by atoms with E-state index in [1.807, 2.05) is 0 Å². The molecule has 1 aliphatic heterocycles. The van der Waals surface area contributed by atoms with Crippen molar-refractivity contribution < 1.29 is 0 Å². The molecule has 0 atom stereocenters. The second kappa shape index (κ2) is 6.41. The van der Waals surface area contributed by atoms with Crippen LogP contribution in [0.25, 0.3) is 0 Å². The average Bonchev–Trinajstić information content (AvgIpc) is 2.40. The molecule has 1 saturated heterocycles. The van der Waals surface area contributed by atoms with Crippen molar-refractivity contribution in [1.82, 2.24) is 4.90 Å². The maximum atomic E-state index is 3.57. The highest BCUT2D eigenvalue weighted by molar-refractivity contribution is 9.08. The number of alkyl halides is 1. The molecule has 0 radical (unpaired) electrons. The van der Waals surface area contributed by atoms with Crippen molar-refractivity contribution in [3.8, 4) is 0 Å². The summed E-state index contributed by atoms with van der Waals surface area (Å²) in [5, 5.41) is 0.943. The fraction of sp³-hybridized carbons (Fsp3) is 0.571. The maximum absolute atomic E-state index is 3.57. The molecule has 1 heterocycles. The normalized spacial score (nSPS) is 17.4. The van der Waals surface area contributed by atoms with Crippen molar-refractivity contribution in [3.05, 3.63) is 29.8 Å². The van der Waals surface area contributed by atoms with E-state index in [2.05, 4.69) is 56.9 Å². The van der Waals surface area contributed by atoms with Crippen LogP contribution in [0.15, 0.2) is 24.3 Å². The van der Waals surface area contributed by atoms with Crippen molar-refractivity contribution >= 4 is 21.6 Å². The van der Waals surface area contributed by atoms with Gasteiger partial charge < -0.3 is 4.90 Å². The first kappa shape index (κ1) is 12.9. The third kappa shape index (κ3) is 3.23. The lowest BCUT2D eigenvalue weighted by Crippen LogP contribution is -2.46. The van der Waals surface area contributed by atoms with Gasteiger partial charge in [0.2, 0.25) is 0 Å². The van der Waals surface area contributed by atoms with Gasteiger partial charge in [-0.1, -0.05) is 41.1 Å². The second-order valence-corrected chi connectivity index (χ2v) is 5.15. The first-order valence-electron chi connectivity index (χ1n) is 6.46. The Kier molecular flexibility index (Phi) is 4.86. The summed E-state index contributed by atoms with van der Waals surface area (Å²) in [5.74, 6) is 0. The van der Waals surface area contributed by atoms with E-state index in [4.69, 9.17) is 0 Å². The van der Waals surface area contributed by atoms with E-state index in [1.165, 1.54) is 37.3 Å². The quantitative estimate of drug-likeness (QED) is 0.788. The molecule has 0 aromatic heterocycles. The number of rotatable bonds is 4. The largest absolute Gasteiger partial charge is 0.369 e. The van der Waals surface area contributed by atoms with E-state index in [1.54, 1.807) is 0 Å². The van der Waals surface area contributed by atoms with Gasteiger partial charge in [0.1, 0.15) is 0 Å². The number of halogens is 1. The molecular weight excluding hydrogens is 276 g/mol. The van der Waals surface area contributed by atoms with Gasteiger partial charge in [0.05, 0.1) is 0 Å². The molecule has 0 N–H and O–H groups in total. The molecule has 0 unspecified atom stereocenters. The van der Waals surface area contributed by atoms with Gasteiger partial charge in [-0.15, -0.1) is 0 Å². The highest BCUT2D eigenvalue weighted by Gasteiger charge is 2.17. The van der Waals surface area contributed by atoms with Gasteiger partial charge in [0, 0.05) is 37.2 Å². The topological polar surface area (TPSA) is 6.48 Å². The van der Waals surface area contributed by atoms with Crippen LogP contribution in [0.3, 0.4) is 0 Å². The molecule has 2 rings (SSSR count). The number of piperazine rings is 1. The molecular formula is C14H21BrN2. The van der Waals surface area contributed by atoms with Gasteiger partial charge >= 0.3 is 0 Å². The van der Waals surface area contributed by atoms with Crippen LogP contribution in [0.5, 0.6) is 0 Å². The Bertz CT molecular complexity index is 346. The second-order valence-electron chi connectivity index (χ2n) is 4.59. The number of hydrogen-bond donors (Lipinski definition) is 0. The first-order chi connectivity index (χ1) is 8.35. The van der Waals surface area contributed by atoms with Gasteiger partial charge in [0.15, 0.2) is 0 Å². The summed E-state index contributed by atoms with van der Waals surface area (Å²) in [6.45, 7) is 8.21. The summed E-state index contributed by atoms with van der Waals surface area (Å²) < 4.78 is 0. The summed E-state index contributed by atoms with van der Waals surface area (Å²) in [6, 6.07) is 8.71. The number of anilines is 1. The molecule has 0 aliphatic carbocycles. The predicted molar refractivity (Wildman–Crippen MR) is 78.0 cm³/mol. The van der Waals surface area contributed by atoms with E-state index in [9.17, 15) is 0 Å². The summed E-state index contributed by atoms with van der Waals surface area (Å²) in [6.07, 6.45) is 1.26. The van der Waals surface area contributed by atoms with Crippen molar-refractivity contribution in [1.29, 1.82) is 0 Å². The standard InChI is InChI=1S/C14H21BrN2/c1-2-7-16-8-10-17(11-9-16)14-6-4-3-5-13(14)12-15/h3-6H,2,7-12H2,1H3. The summed E-state index contributed by atoms with van der Waals surface area (Å²) in [4.78, 5) is 5.08. The molecule has 94 valence electrons. The zero-order valence-corrected chi connectivity index (χ0v) is 12.1. The number of benzene rings is 1. The highest BCUT2D eigenvalue weighted by atomic mass is 79.9. The molecule has 1 aromatic carbocycles.